The number of aliphatic hydroxyl groups excluding tert-OH is 2. The Morgan fingerprint density at radius 1 is 0.696 bits per heavy atom. The number of ether oxygens (including phenoxy) is 3. The van der Waals surface area contributed by atoms with Crippen LogP contribution in [0.5, 0.6) is 0 Å². The van der Waals surface area contributed by atoms with E-state index in [2.05, 4.69) is 132 Å². The second-order valence-electron chi connectivity index (χ2n) is 24.1. The van der Waals surface area contributed by atoms with Crippen molar-refractivity contribution in [2.45, 2.75) is 214 Å². The minimum Gasteiger partial charge on any atom is -0.463 e. The van der Waals surface area contributed by atoms with Crippen LogP contribution in [0.4, 0.5) is 0 Å². The zero-order valence-corrected chi connectivity index (χ0v) is 40.1. The van der Waals surface area contributed by atoms with Crippen molar-refractivity contribution >= 4 is 17.8 Å². The lowest BCUT2D eigenvalue weighted by atomic mass is 9.50. The summed E-state index contributed by atoms with van der Waals surface area (Å²) in [7, 11) is 0. The summed E-state index contributed by atoms with van der Waals surface area (Å²) < 4.78 is 18.1. The predicted octanol–water partition coefficient (Wildman–Crippen LogP) is 10.0. The fourth-order valence-electron chi connectivity index (χ4n) is 8.57. The Balaban J connectivity index is 3.08. The van der Waals surface area contributed by atoms with E-state index in [0.29, 0.717) is 25.7 Å². The van der Waals surface area contributed by atoms with Crippen molar-refractivity contribution in [3.8, 4) is 0 Å². The molecule has 0 aliphatic carbocycles. The van der Waals surface area contributed by atoms with Crippen LogP contribution in [-0.2, 0) is 28.6 Å². The first kappa shape index (κ1) is 52.3. The van der Waals surface area contributed by atoms with E-state index >= 15 is 0 Å². The van der Waals surface area contributed by atoms with Gasteiger partial charge in [-0.1, -0.05) is 138 Å². The Kier molecular flexibility index (Phi) is 17.5. The molecule has 1 amide bonds. The van der Waals surface area contributed by atoms with Crippen LogP contribution in [0.25, 0.3) is 0 Å². The van der Waals surface area contributed by atoms with Crippen molar-refractivity contribution in [1.29, 1.82) is 0 Å². The maximum Gasteiger partial charge on any atom is 0.308 e. The van der Waals surface area contributed by atoms with Crippen LogP contribution in [0.3, 0.4) is 0 Å². The lowest BCUT2D eigenvalue weighted by Gasteiger charge is -2.57. The minimum absolute atomic E-state index is 0.00568. The standard InChI is InChI=1S/C47H89NO8/c1-31(25-43(12,13)34(26-40(3,4)5)48-24-22-23-37(48)51)38(52)55-30-33(50)29-54-35(42(9,10)11)28-44(14,15)46(18,19)39(53)47(20,21)45(16,17)36(56-32(2)49)27-41(6,7)8/h31,33-36,39,50,53H,22-30H2,1-21H3. The molecule has 0 aromatic rings. The normalized spacial score (nSPS) is 19.0. The van der Waals surface area contributed by atoms with Crippen LogP contribution < -0.4 is 0 Å². The van der Waals surface area contributed by atoms with Gasteiger partial charge in [0.05, 0.1) is 24.7 Å². The quantitative estimate of drug-likeness (QED) is 0.117. The molecule has 1 saturated heterocycles. The Hall–Kier alpha value is -1.71. The highest BCUT2D eigenvalue weighted by atomic mass is 16.6. The lowest BCUT2D eigenvalue weighted by Crippen LogP contribution is -2.58. The van der Waals surface area contributed by atoms with Crippen molar-refractivity contribution in [1.82, 2.24) is 4.90 Å². The molecule has 0 spiro atoms. The Morgan fingerprint density at radius 2 is 1.21 bits per heavy atom. The van der Waals surface area contributed by atoms with Gasteiger partial charge in [0.2, 0.25) is 5.91 Å². The number of esters is 2. The molecule has 1 aliphatic heterocycles. The number of hydrogen-bond acceptors (Lipinski definition) is 8. The van der Waals surface area contributed by atoms with E-state index in [0.717, 1.165) is 19.4 Å². The first-order chi connectivity index (χ1) is 24.8. The van der Waals surface area contributed by atoms with E-state index < -0.39 is 45.9 Å². The fraction of sp³-hybridized carbons (Fsp3) is 0.936. The van der Waals surface area contributed by atoms with Gasteiger partial charge in [0.1, 0.15) is 18.8 Å². The van der Waals surface area contributed by atoms with Crippen molar-refractivity contribution in [3.63, 3.8) is 0 Å². The Labute approximate surface area is 344 Å². The first-order valence-electron chi connectivity index (χ1n) is 21.4. The Bertz CT molecular complexity index is 1290. The monoisotopic (exact) mass is 796 g/mol. The summed E-state index contributed by atoms with van der Waals surface area (Å²) in [5, 5.41) is 23.4. The number of carbonyl (C=O) groups is 3. The average molecular weight is 796 g/mol. The fourth-order valence-corrected chi connectivity index (χ4v) is 8.57. The van der Waals surface area contributed by atoms with E-state index in [1.54, 1.807) is 0 Å². The molecule has 1 rings (SSSR count). The maximum atomic E-state index is 13.3. The zero-order valence-electron chi connectivity index (χ0n) is 40.1. The van der Waals surface area contributed by atoms with Crippen molar-refractivity contribution in [3.05, 3.63) is 0 Å². The third-order valence-corrected chi connectivity index (χ3v) is 13.7. The number of hydrogen-bond donors (Lipinski definition) is 2. The molecule has 1 aliphatic rings. The number of carbonyl (C=O) groups excluding carboxylic acids is 3. The van der Waals surface area contributed by atoms with Crippen LogP contribution in [0, 0.1) is 49.2 Å². The van der Waals surface area contributed by atoms with Crippen LogP contribution in [0.2, 0.25) is 0 Å². The van der Waals surface area contributed by atoms with Crippen LogP contribution in [0.1, 0.15) is 184 Å². The molecule has 0 aromatic heterocycles. The van der Waals surface area contributed by atoms with Gasteiger partial charge in [-0.2, -0.15) is 0 Å². The van der Waals surface area contributed by atoms with Gasteiger partial charge in [-0.05, 0) is 70.0 Å². The molecule has 9 nitrogen and oxygen atoms in total. The largest absolute Gasteiger partial charge is 0.463 e. The molecule has 330 valence electrons. The van der Waals surface area contributed by atoms with E-state index in [4.69, 9.17) is 14.2 Å². The molecule has 0 saturated carbocycles. The highest BCUT2D eigenvalue weighted by Gasteiger charge is 2.57. The Morgan fingerprint density at radius 3 is 1.64 bits per heavy atom. The van der Waals surface area contributed by atoms with Crippen LogP contribution in [0.15, 0.2) is 0 Å². The maximum absolute atomic E-state index is 13.3. The van der Waals surface area contributed by atoms with Gasteiger partial charge in [-0.25, -0.2) is 0 Å². The van der Waals surface area contributed by atoms with E-state index in [-0.39, 0.29) is 64.9 Å². The molecule has 56 heavy (non-hydrogen) atoms. The van der Waals surface area contributed by atoms with Crippen LogP contribution in [-0.4, -0.2) is 83.2 Å². The third-order valence-electron chi connectivity index (χ3n) is 13.7. The van der Waals surface area contributed by atoms with Crippen LogP contribution >= 0.6 is 0 Å². The molecule has 6 unspecified atom stereocenters. The smallest absolute Gasteiger partial charge is 0.308 e. The number of aliphatic hydroxyl groups is 2. The summed E-state index contributed by atoms with van der Waals surface area (Å²) in [6, 6.07) is 0.0140. The summed E-state index contributed by atoms with van der Waals surface area (Å²) in [6.45, 7) is 44.3. The van der Waals surface area contributed by atoms with Crippen molar-refractivity contribution < 1.29 is 38.8 Å². The van der Waals surface area contributed by atoms with E-state index in [1.165, 1.54) is 6.92 Å². The summed E-state index contributed by atoms with van der Waals surface area (Å²) >= 11 is 0. The zero-order chi connectivity index (χ0) is 44.3. The molecule has 9 heteroatoms. The summed E-state index contributed by atoms with van der Waals surface area (Å²) in [4.78, 5) is 40.4. The summed E-state index contributed by atoms with van der Waals surface area (Å²) in [5.41, 5.74) is -2.98. The second kappa shape index (κ2) is 18.7. The topological polar surface area (TPSA) is 123 Å². The molecule has 1 fully saturated rings. The van der Waals surface area contributed by atoms with Gasteiger partial charge < -0.3 is 29.3 Å². The van der Waals surface area contributed by atoms with Crippen molar-refractivity contribution in [2.75, 3.05) is 19.8 Å². The van der Waals surface area contributed by atoms with Crippen molar-refractivity contribution in [2.24, 2.45) is 49.2 Å². The number of nitrogens with zero attached hydrogens (tertiary/aromatic N) is 1. The van der Waals surface area contributed by atoms with E-state index in [9.17, 15) is 24.6 Å². The molecule has 1 heterocycles. The van der Waals surface area contributed by atoms with Gasteiger partial charge in [-0.15, -0.1) is 0 Å². The number of amides is 1. The SMILES string of the molecule is CC(=O)OC(CC(C)(C)C)C(C)(C)C(C)(C)C(O)C(C)(C)C(C)(C)CC(OCC(O)COC(=O)C(C)CC(C)(C)C(CC(C)(C)C)N1CCCC1=O)C(C)(C)C. The van der Waals surface area contributed by atoms with Gasteiger partial charge in [-0.3, -0.25) is 14.4 Å². The van der Waals surface area contributed by atoms with Gasteiger partial charge in [0.25, 0.3) is 0 Å². The van der Waals surface area contributed by atoms with Gasteiger partial charge in [0, 0.05) is 31.3 Å². The average Bonchev–Trinajstić information content (AvgIpc) is 3.42. The minimum atomic E-state index is -1.01. The molecular weight excluding hydrogens is 707 g/mol. The molecule has 2 N–H and O–H groups in total. The lowest BCUT2D eigenvalue weighted by molar-refractivity contribution is -0.192. The second-order valence-corrected chi connectivity index (χ2v) is 24.1. The highest BCUT2D eigenvalue weighted by Crippen LogP contribution is 2.57. The molecular formula is C47H89NO8. The molecule has 6 atom stereocenters. The predicted molar refractivity (Wildman–Crippen MR) is 228 cm³/mol. The highest BCUT2D eigenvalue weighted by molar-refractivity contribution is 5.78. The van der Waals surface area contributed by atoms with E-state index in [1.807, 2.05) is 11.8 Å². The number of likely N-dealkylation sites (tertiary alicyclic amines) is 1. The number of rotatable bonds is 20. The molecule has 0 bridgehead atoms. The van der Waals surface area contributed by atoms with Gasteiger partial charge >= 0.3 is 11.9 Å². The molecule has 0 aromatic carbocycles. The molecule has 0 radical (unpaired) electrons. The summed E-state index contributed by atoms with van der Waals surface area (Å²) in [6.07, 6.45) is 1.63. The summed E-state index contributed by atoms with van der Waals surface area (Å²) in [5.74, 6) is -0.917. The van der Waals surface area contributed by atoms with Gasteiger partial charge in [0.15, 0.2) is 0 Å². The first-order valence-corrected chi connectivity index (χ1v) is 21.4. The third kappa shape index (κ3) is 14.2.